The Balaban J connectivity index is 1.69. The number of hydrogen-bond acceptors (Lipinski definition) is 4. The monoisotopic (exact) mass is 331 g/mol. The van der Waals surface area contributed by atoms with E-state index < -0.39 is 10.0 Å². The van der Waals surface area contributed by atoms with E-state index in [1.165, 1.54) is 6.20 Å². The second-order valence-corrected chi connectivity index (χ2v) is 7.41. The summed E-state index contributed by atoms with van der Waals surface area (Å²) >= 11 is 0. The van der Waals surface area contributed by atoms with E-state index in [2.05, 4.69) is 19.8 Å². The highest BCUT2D eigenvalue weighted by Gasteiger charge is 2.24. The van der Waals surface area contributed by atoms with Crippen LogP contribution in [0.2, 0.25) is 0 Å². The molecule has 7 nitrogen and oxygen atoms in total. The van der Waals surface area contributed by atoms with Crippen LogP contribution in [0.3, 0.4) is 0 Å². The van der Waals surface area contributed by atoms with Crippen LogP contribution in [-0.4, -0.2) is 28.2 Å². The summed E-state index contributed by atoms with van der Waals surface area (Å²) in [5.74, 6) is 0.509. The molecular formula is C15H17N5O2S. The van der Waals surface area contributed by atoms with E-state index in [0.717, 1.165) is 25.7 Å². The van der Waals surface area contributed by atoms with E-state index in [-0.39, 0.29) is 10.9 Å². The molecule has 1 aliphatic rings. The van der Waals surface area contributed by atoms with Gasteiger partial charge in [-0.3, -0.25) is 4.72 Å². The molecule has 8 heteroatoms. The van der Waals surface area contributed by atoms with E-state index in [1.807, 2.05) is 0 Å². The zero-order valence-corrected chi connectivity index (χ0v) is 13.3. The molecule has 0 aliphatic heterocycles. The molecular weight excluding hydrogens is 314 g/mol. The minimum absolute atomic E-state index is 0.194. The van der Waals surface area contributed by atoms with Crippen molar-refractivity contribution in [2.24, 2.45) is 0 Å². The minimum Gasteiger partial charge on any atom is -0.345 e. The molecule has 23 heavy (non-hydrogen) atoms. The number of nitrogens with zero attached hydrogens (tertiary/aromatic N) is 3. The Hall–Kier alpha value is -2.35. The molecule has 0 radical (unpaired) electrons. The molecule has 0 bridgehead atoms. The van der Waals surface area contributed by atoms with Gasteiger partial charge < -0.3 is 4.98 Å². The van der Waals surface area contributed by atoms with Gasteiger partial charge in [0.1, 0.15) is 16.4 Å². The Kier molecular flexibility index (Phi) is 3.33. The number of rotatable bonds is 4. The minimum atomic E-state index is -3.70. The van der Waals surface area contributed by atoms with Crippen LogP contribution in [0.4, 0.5) is 5.82 Å². The maximum atomic E-state index is 12.7. The highest BCUT2D eigenvalue weighted by Crippen LogP contribution is 2.32. The zero-order valence-electron chi connectivity index (χ0n) is 12.4. The standard InChI is InChI=1S/C15H17N5O2S/c21-23(22,13-10-17-15-12(13)6-3-8-16-15)19-14-7-9-18-20(14)11-4-1-2-5-11/h3,6-11,19H,1-2,4-5H2,(H,16,17). The van der Waals surface area contributed by atoms with Gasteiger partial charge in [-0.1, -0.05) is 12.8 Å². The van der Waals surface area contributed by atoms with Gasteiger partial charge in [-0.05, 0) is 25.0 Å². The van der Waals surface area contributed by atoms with Crippen molar-refractivity contribution in [3.05, 3.63) is 36.8 Å². The summed E-state index contributed by atoms with van der Waals surface area (Å²) in [4.78, 5) is 7.21. The molecule has 4 rings (SSSR count). The Labute approximate surface area is 133 Å². The highest BCUT2D eigenvalue weighted by atomic mass is 32.2. The summed E-state index contributed by atoms with van der Waals surface area (Å²) in [7, 11) is -3.70. The van der Waals surface area contributed by atoms with Crippen LogP contribution in [0.25, 0.3) is 11.0 Å². The molecule has 1 saturated carbocycles. The maximum Gasteiger partial charge on any atom is 0.265 e. The van der Waals surface area contributed by atoms with Gasteiger partial charge in [0.2, 0.25) is 0 Å². The van der Waals surface area contributed by atoms with Crippen molar-refractivity contribution in [2.45, 2.75) is 36.6 Å². The van der Waals surface area contributed by atoms with Crippen LogP contribution in [0.1, 0.15) is 31.7 Å². The van der Waals surface area contributed by atoms with Crippen molar-refractivity contribution < 1.29 is 8.42 Å². The van der Waals surface area contributed by atoms with Gasteiger partial charge in [0, 0.05) is 23.8 Å². The van der Waals surface area contributed by atoms with Crippen LogP contribution in [0.5, 0.6) is 0 Å². The Bertz CT molecular complexity index is 938. The first-order valence-electron chi connectivity index (χ1n) is 7.63. The fourth-order valence-electron chi connectivity index (χ4n) is 3.18. The third-order valence-corrected chi connectivity index (χ3v) is 5.68. The molecule has 120 valence electrons. The summed E-state index contributed by atoms with van der Waals surface area (Å²) < 4.78 is 29.9. The summed E-state index contributed by atoms with van der Waals surface area (Å²) in [6, 6.07) is 5.43. The fourth-order valence-corrected chi connectivity index (χ4v) is 4.40. The molecule has 0 saturated heterocycles. The highest BCUT2D eigenvalue weighted by molar-refractivity contribution is 7.93. The second kappa shape index (κ2) is 5.38. The second-order valence-electron chi connectivity index (χ2n) is 5.76. The molecule has 3 aromatic rings. The molecule has 1 aliphatic carbocycles. The molecule has 3 aromatic heterocycles. The lowest BCUT2D eigenvalue weighted by molar-refractivity contribution is 0.473. The largest absolute Gasteiger partial charge is 0.345 e. The van der Waals surface area contributed by atoms with Crippen molar-refractivity contribution in [3.63, 3.8) is 0 Å². The lowest BCUT2D eigenvalue weighted by Crippen LogP contribution is -2.18. The first-order valence-corrected chi connectivity index (χ1v) is 9.12. The van der Waals surface area contributed by atoms with Crippen LogP contribution in [-0.2, 0) is 10.0 Å². The first-order chi connectivity index (χ1) is 11.1. The number of aromatic nitrogens is 4. The van der Waals surface area contributed by atoms with E-state index >= 15 is 0 Å². The lowest BCUT2D eigenvalue weighted by atomic mass is 10.2. The number of hydrogen-bond donors (Lipinski definition) is 2. The fraction of sp³-hybridized carbons (Fsp3) is 0.333. The summed E-state index contributed by atoms with van der Waals surface area (Å²) in [6.45, 7) is 0. The quantitative estimate of drug-likeness (QED) is 0.768. The Morgan fingerprint density at radius 2 is 2.04 bits per heavy atom. The average molecular weight is 331 g/mol. The normalized spacial score (nSPS) is 16.2. The molecule has 0 aromatic carbocycles. The number of aromatic amines is 1. The maximum absolute atomic E-state index is 12.7. The van der Waals surface area contributed by atoms with Crippen molar-refractivity contribution in [1.82, 2.24) is 19.7 Å². The van der Waals surface area contributed by atoms with Crippen LogP contribution in [0, 0.1) is 0 Å². The van der Waals surface area contributed by atoms with Crippen molar-refractivity contribution in [3.8, 4) is 0 Å². The predicted octanol–water partition coefficient (Wildman–Crippen LogP) is 2.68. The van der Waals surface area contributed by atoms with Crippen LogP contribution in [0.15, 0.2) is 41.7 Å². The first kappa shape index (κ1) is 14.3. The predicted molar refractivity (Wildman–Crippen MR) is 86.6 cm³/mol. The summed E-state index contributed by atoms with van der Waals surface area (Å²) in [6.07, 6.45) is 9.11. The number of H-pyrrole nitrogens is 1. The molecule has 0 unspecified atom stereocenters. The molecule has 0 atom stereocenters. The van der Waals surface area contributed by atoms with Gasteiger partial charge in [-0.15, -0.1) is 0 Å². The SMILES string of the molecule is O=S(=O)(Nc1ccnn1C1CCCC1)c1c[nH]c2ncccc12. The number of nitrogens with one attached hydrogen (secondary N) is 2. The van der Waals surface area contributed by atoms with Gasteiger partial charge in [0.15, 0.2) is 0 Å². The third-order valence-electron chi connectivity index (χ3n) is 4.28. The van der Waals surface area contributed by atoms with E-state index in [0.29, 0.717) is 16.9 Å². The molecule has 3 heterocycles. The number of sulfonamides is 1. The van der Waals surface area contributed by atoms with Gasteiger partial charge in [0.25, 0.3) is 10.0 Å². The van der Waals surface area contributed by atoms with Crippen LogP contribution < -0.4 is 4.72 Å². The van der Waals surface area contributed by atoms with Crippen molar-refractivity contribution in [2.75, 3.05) is 4.72 Å². The number of anilines is 1. The number of fused-ring (bicyclic) bond motifs is 1. The topological polar surface area (TPSA) is 92.7 Å². The molecule has 1 fully saturated rings. The smallest absolute Gasteiger partial charge is 0.265 e. The average Bonchev–Trinajstić information content (AvgIpc) is 3.26. The third kappa shape index (κ3) is 2.48. The number of pyridine rings is 1. The van der Waals surface area contributed by atoms with E-state index in [9.17, 15) is 8.42 Å². The Morgan fingerprint density at radius 1 is 1.22 bits per heavy atom. The van der Waals surface area contributed by atoms with Crippen molar-refractivity contribution >= 4 is 26.9 Å². The van der Waals surface area contributed by atoms with Crippen molar-refractivity contribution in [1.29, 1.82) is 0 Å². The molecule has 2 N–H and O–H groups in total. The van der Waals surface area contributed by atoms with Gasteiger partial charge in [0.05, 0.1) is 12.2 Å². The zero-order chi connectivity index (χ0) is 15.9. The summed E-state index contributed by atoms with van der Waals surface area (Å²) in [5, 5.41) is 4.87. The van der Waals surface area contributed by atoms with E-state index in [1.54, 1.807) is 35.3 Å². The van der Waals surface area contributed by atoms with Crippen LogP contribution >= 0.6 is 0 Å². The lowest BCUT2D eigenvalue weighted by Gasteiger charge is -2.15. The molecule has 0 spiro atoms. The van der Waals surface area contributed by atoms with E-state index in [4.69, 9.17) is 0 Å². The molecule has 0 amide bonds. The summed E-state index contributed by atoms with van der Waals surface area (Å²) in [5.41, 5.74) is 0.553. The van der Waals surface area contributed by atoms with Gasteiger partial charge in [-0.2, -0.15) is 5.10 Å². The Morgan fingerprint density at radius 3 is 2.87 bits per heavy atom. The van der Waals surface area contributed by atoms with Gasteiger partial charge in [-0.25, -0.2) is 18.1 Å². The van der Waals surface area contributed by atoms with Gasteiger partial charge >= 0.3 is 0 Å².